The average Bonchev–Trinajstić information content (AvgIpc) is 2.87. The molecule has 0 fully saturated rings. The van der Waals surface area contributed by atoms with Crippen molar-refractivity contribution in [2.45, 2.75) is 19.9 Å². The maximum atomic E-state index is 13.9. The number of amides is 1. The second-order valence-corrected chi connectivity index (χ2v) is 7.52. The standard InChI is InChI=1S/C27H28FNO5/c1-3-29(18-21-8-4-6-10-24(21)28)26(30)19-34-22-14-12-20(13-15-22)16-17-33-25-11-7-5-9-23(25)27(31)32-2/h4-15H,3,16-19H2,1-2H3. The zero-order valence-electron chi connectivity index (χ0n) is 19.3. The number of rotatable bonds is 11. The van der Waals surface area contributed by atoms with Gasteiger partial charge in [0.05, 0.1) is 13.7 Å². The van der Waals surface area contributed by atoms with Crippen molar-refractivity contribution < 1.29 is 28.2 Å². The van der Waals surface area contributed by atoms with E-state index in [4.69, 9.17) is 14.2 Å². The smallest absolute Gasteiger partial charge is 0.341 e. The maximum absolute atomic E-state index is 13.9. The van der Waals surface area contributed by atoms with E-state index in [0.29, 0.717) is 42.2 Å². The number of carbonyl (C=O) groups excluding carboxylic acids is 2. The van der Waals surface area contributed by atoms with E-state index >= 15 is 0 Å². The predicted molar refractivity (Wildman–Crippen MR) is 126 cm³/mol. The molecule has 6 nitrogen and oxygen atoms in total. The number of likely N-dealkylation sites (N-methyl/N-ethyl adjacent to an activating group) is 1. The van der Waals surface area contributed by atoms with Crippen LogP contribution < -0.4 is 9.47 Å². The molecule has 0 unspecified atom stereocenters. The van der Waals surface area contributed by atoms with Crippen LogP contribution in [-0.2, 0) is 22.5 Å². The fraction of sp³-hybridized carbons (Fsp3) is 0.259. The van der Waals surface area contributed by atoms with Crippen LogP contribution in [0.25, 0.3) is 0 Å². The molecule has 3 aromatic rings. The molecular weight excluding hydrogens is 437 g/mol. The Hall–Kier alpha value is -3.87. The first-order chi connectivity index (χ1) is 16.5. The number of halogens is 1. The van der Waals surface area contributed by atoms with E-state index < -0.39 is 5.97 Å². The van der Waals surface area contributed by atoms with E-state index in [1.807, 2.05) is 19.1 Å². The highest BCUT2D eigenvalue weighted by Gasteiger charge is 2.15. The second kappa shape index (κ2) is 12.4. The Labute approximate surface area is 198 Å². The van der Waals surface area contributed by atoms with E-state index in [1.54, 1.807) is 59.5 Å². The summed E-state index contributed by atoms with van der Waals surface area (Å²) in [5.41, 5.74) is 1.87. The third-order valence-corrected chi connectivity index (χ3v) is 5.28. The molecule has 0 radical (unpaired) electrons. The number of ether oxygens (including phenoxy) is 3. The van der Waals surface area contributed by atoms with Gasteiger partial charge in [-0.25, -0.2) is 9.18 Å². The number of nitrogens with zero attached hydrogens (tertiary/aromatic N) is 1. The molecule has 0 spiro atoms. The van der Waals surface area contributed by atoms with Crippen molar-refractivity contribution in [3.05, 3.63) is 95.3 Å². The van der Waals surface area contributed by atoms with Gasteiger partial charge in [0.15, 0.2) is 6.61 Å². The Morgan fingerprint density at radius 1 is 0.912 bits per heavy atom. The van der Waals surface area contributed by atoms with Gasteiger partial charge in [-0.1, -0.05) is 42.5 Å². The van der Waals surface area contributed by atoms with Crippen molar-refractivity contribution in [1.82, 2.24) is 4.90 Å². The molecule has 0 aliphatic rings. The van der Waals surface area contributed by atoms with Gasteiger partial charge in [-0.2, -0.15) is 0 Å². The zero-order valence-corrected chi connectivity index (χ0v) is 19.3. The quantitative estimate of drug-likeness (QED) is 0.386. The van der Waals surface area contributed by atoms with Crippen molar-refractivity contribution in [1.29, 1.82) is 0 Å². The summed E-state index contributed by atoms with van der Waals surface area (Å²) in [7, 11) is 1.33. The number of para-hydroxylation sites is 1. The SMILES string of the molecule is CCN(Cc1ccccc1F)C(=O)COc1ccc(CCOc2ccccc2C(=O)OC)cc1. The summed E-state index contributed by atoms with van der Waals surface area (Å²) in [6.07, 6.45) is 0.626. The third kappa shape index (κ3) is 6.81. The second-order valence-electron chi connectivity index (χ2n) is 7.52. The minimum atomic E-state index is -0.442. The van der Waals surface area contributed by atoms with Crippen LogP contribution in [0.4, 0.5) is 4.39 Å². The molecule has 0 bridgehead atoms. The summed E-state index contributed by atoms with van der Waals surface area (Å²) in [5, 5.41) is 0. The molecular formula is C27H28FNO5. The molecule has 0 N–H and O–H groups in total. The van der Waals surface area contributed by atoms with Gasteiger partial charge in [-0.15, -0.1) is 0 Å². The lowest BCUT2D eigenvalue weighted by Crippen LogP contribution is -2.34. The lowest BCUT2D eigenvalue weighted by molar-refractivity contribution is -0.133. The van der Waals surface area contributed by atoms with Gasteiger partial charge in [-0.05, 0) is 42.8 Å². The van der Waals surface area contributed by atoms with Crippen LogP contribution in [0.2, 0.25) is 0 Å². The monoisotopic (exact) mass is 465 g/mol. The largest absolute Gasteiger partial charge is 0.492 e. The Bertz CT molecular complexity index is 1100. The van der Waals surface area contributed by atoms with E-state index in [-0.39, 0.29) is 24.9 Å². The summed E-state index contributed by atoms with van der Waals surface area (Å²) in [4.78, 5) is 25.9. The molecule has 7 heteroatoms. The van der Waals surface area contributed by atoms with E-state index in [0.717, 1.165) is 5.56 Å². The Balaban J connectivity index is 1.48. The average molecular weight is 466 g/mol. The summed E-state index contributed by atoms with van der Waals surface area (Å²) >= 11 is 0. The highest BCUT2D eigenvalue weighted by Crippen LogP contribution is 2.20. The summed E-state index contributed by atoms with van der Waals surface area (Å²) in [6.45, 7) is 2.75. The maximum Gasteiger partial charge on any atom is 0.341 e. The Morgan fingerprint density at radius 2 is 1.62 bits per heavy atom. The molecule has 0 heterocycles. The Kier molecular flexibility index (Phi) is 9.03. The fourth-order valence-corrected chi connectivity index (χ4v) is 3.35. The fourth-order valence-electron chi connectivity index (χ4n) is 3.35. The minimum Gasteiger partial charge on any atom is -0.492 e. The molecule has 0 aromatic heterocycles. The normalized spacial score (nSPS) is 10.4. The molecule has 0 atom stereocenters. The van der Waals surface area contributed by atoms with Crippen molar-refractivity contribution in [3.8, 4) is 11.5 Å². The van der Waals surface area contributed by atoms with Crippen molar-refractivity contribution in [2.75, 3.05) is 26.9 Å². The van der Waals surface area contributed by atoms with Crippen molar-refractivity contribution in [2.24, 2.45) is 0 Å². The van der Waals surface area contributed by atoms with E-state index in [9.17, 15) is 14.0 Å². The van der Waals surface area contributed by atoms with Gasteiger partial charge in [0.25, 0.3) is 5.91 Å². The molecule has 34 heavy (non-hydrogen) atoms. The molecule has 3 rings (SSSR count). The molecule has 1 amide bonds. The van der Waals surface area contributed by atoms with Crippen LogP contribution in [0.5, 0.6) is 11.5 Å². The summed E-state index contributed by atoms with van der Waals surface area (Å²) in [5.74, 6) is 0.0531. The van der Waals surface area contributed by atoms with Crippen LogP contribution in [0.3, 0.4) is 0 Å². The molecule has 0 aliphatic carbocycles. The number of methoxy groups -OCH3 is 1. The topological polar surface area (TPSA) is 65.1 Å². The molecule has 0 saturated heterocycles. The summed E-state index contributed by atoms with van der Waals surface area (Å²) < 4.78 is 30.1. The van der Waals surface area contributed by atoms with Gasteiger partial charge in [0, 0.05) is 25.1 Å². The predicted octanol–water partition coefficient (Wildman–Crippen LogP) is 4.66. The molecule has 178 valence electrons. The lowest BCUT2D eigenvalue weighted by Gasteiger charge is -2.21. The number of esters is 1. The highest BCUT2D eigenvalue weighted by molar-refractivity contribution is 5.92. The van der Waals surface area contributed by atoms with Gasteiger partial charge >= 0.3 is 5.97 Å². The first-order valence-electron chi connectivity index (χ1n) is 11.0. The van der Waals surface area contributed by atoms with Crippen LogP contribution >= 0.6 is 0 Å². The first-order valence-corrected chi connectivity index (χ1v) is 11.0. The third-order valence-electron chi connectivity index (χ3n) is 5.28. The summed E-state index contributed by atoms with van der Waals surface area (Å²) in [6, 6.07) is 20.7. The van der Waals surface area contributed by atoms with Gasteiger partial charge in [-0.3, -0.25) is 4.79 Å². The van der Waals surface area contributed by atoms with Crippen LogP contribution in [0.1, 0.15) is 28.4 Å². The van der Waals surface area contributed by atoms with E-state index in [2.05, 4.69) is 0 Å². The molecule has 0 saturated carbocycles. The van der Waals surface area contributed by atoms with Crippen LogP contribution in [0.15, 0.2) is 72.8 Å². The zero-order chi connectivity index (χ0) is 24.3. The van der Waals surface area contributed by atoms with Gasteiger partial charge in [0.2, 0.25) is 0 Å². The van der Waals surface area contributed by atoms with Crippen molar-refractivity contribution >= 4 is 11.9 Å². The highest BCUT2D eigenvalue weighted by atomic mass is 19.1. The lowest BCUT2D eigenvalue weighted by atomic mass is 10.1. The first kappa shape index (κ1) is 24.8. The van der Waals surface area contributed by atoms with Crippen LogP contribution in [0, 0.1) is 5.82 Å². The van der Waals surface area contributed by atoms with Crippen LogP contribution in [-0.4, -0.2) is 43.6 Å². The number of hydrogen-bond donors (Lipinski definition) is 0. The van der Waals surface area contributed by atoms with Gasteiger partial charge < -0.3 is 19.1 Å². The molecule has 3 aromatic carbocycles. The van der Waals surface area contributed by atoms with E-state index in [1.165, 1.54) is 13.2 Å². The minimum absolute atomic E-state index is 0.130. The number of benzene rings is 3. The Morgan fingerprint density at radius 3 is 2.32 bits per heavy atom. The number of hydrogen-bond acceptors (Lipinski definition) is 5. The number of carbonyl (C=O) groups is 2. The molecule has 0 aliphatic heterocycles. The van der Waals surface area contributed by atoms with Gasteiger partial charge in [0.1, 0.15) is 22.9 Å². The van der Waals surface area contributed by atoms with Crippen molar-refractivity contribution in [3.63, 3.8) is 0 Å².